The van der Waals surface area contributed by atoms with Gasteiger partial charge in [-0.2, -0.15) is 4.72 Å². The molecule has 1 N–H and O–H groups in total. The fraction of sp³-hybridized carbons (Fsp3) is 0.556. The summed E-state index contributed by atoms with van der Waals surface area (Å²) in [4.78, 5) is 19.1. The van der Waals surface area contributed by atoms with Crippen LogP contribution in [0.1, 0.15) is 25.3 Å². The Morgan fingerprint density at radius 3 is 2.70 bits per heavy atom. The average molecular weight is 412 g/mol. The smallest absolute Gasteiger partial charge is 0.241 e. The van der Waals surface area contributed by atoms with Crippen LogP contribution < -0.4 is 4.72 Å². The number of carbonyl (C=O) groups excluding carboxylic acids is 1. The monoisotopic (exact) mass is 411 g/mol. The molecule has 0 spiro atoms. The van der Waals surface area contributed by atoms with Gasteiger partial charge in [-0.15, -0.1) is 11.3 Å². The Hall–Kier alpha value is -1.55. The minimum atomic E-state index is -3.82. The molecule has 0 bridgehead atoms. The van der Waals surface area contributed by atoms with E-state index in [-0.39, 0.29) is 16.7 Å². The van der Waals surface area contributed by atoms with E-state index in [0.717, 1.165) is 15.2 Å². The number of amides is 1. The van der Waals surface area contributed by atoms with Gasteiger partial charge >= 0.3 is 0 Å². The zero-order valence-corrected chi connectivity index (χ0v) is 17.4. The molecule has 1 atom stereocenters. The summed E-state index contributed by atoms with van der Waals surface area (Å²) in [6.45, 7) is 7.77. The Labute approximate surface area is 163 Å². The number of nitrogens with one attached hydrogen (secondary N) is 1. The highest BCUT2D eigenvalue weighted by Crippen LogP contribution is 2.25. The Bertz CT molecular complexity index is 918. The molecule has 2 heterocycles. The van der Waals surface area contributed by atoms with Crippen molar-refractivity contribution in [3.05, 3.63) is 23.2 Å². The molecule has 1 unspecified atom stereocenters. The van der Waals surface area contributed by atoms with Gasteiger partial charge in [-0.1, -0.05) is 13.8 Å². The summed E-state index contributed by atoms with van der Waals surface area (Å²) in [7, 11) is -3.82. The largest absolute Gasteiger partial charge is 0.378 e. The maximum Gasteiger partial charge on any atom is 0.241 e. The van der Waals surface area contributed by atoms with E-state index >= 15 is 0 Å². The number of aryl methyl sites for hydroxylation is 1. The maximum absolute atomic E-state index is 12.9. The van der Waals surface area contributed by atoms with Crippen LogP contribution >= 0.6 is 11.3 Å². The Morgan fingerprint density at radius 1 is 1.33 bits per heavy atom. The second-order valence-electron chi connectivity index (χ2n) is 7.10. The molecular formula is C18H25N3O4S2. The highest BCUT2D eigenvalue weighted by Gasteiger charge is 2.30. The number of aromatic nitrogens is 1. The van der Waals surface area contributed by atoms with Crippen LogP contribution in [0.3, 0.4) is 0 Å². The topological polar surface area (TPSA) is 88.6 Å². The lowest BCUT2D eigenvalue weighted by molar-refractivity contribution is -0.137. The van der Waals surface area contributed by atoms with Gasteiger partial charge < -0.3 is 9.64 Å². The Kier molecular flexibility index (Phi) is 6.15. The lowest BCUT2D eigenvalue weighted by Crippen LogP contribution is -2.52. The van der Waals surface area contributed by atoms with Gasteiger partial charge in [0, 0.05) is 13.1 Å². The van der Waals surface area contributed by atoms with Crippen molar-refractivity contribution in [1.29, 1.82) is 0 Å². The number of hydrogen-bond acceptors (Lipinski definition) is 6. The molecule has 0 radical (unpaired) electrons. The first-order valence-corrected chi connectivity index (χ1v) is 11.3. The van der Waals surface area contributed by atoms with Crippen molar-refractivity contribution in [3.8, 4) is 0 Å². The second-order valence-corrected chi connectivity index (χ2v) is 10.1. The van der Waals surface area contributed by atoms with E-state index in [2.05, 4.69) is 9.71 Å². The summed E-state index contributed by atoms with van der Waals surface area (Å²) in [5.41, 5.74) is 0.777. The summed E-state index contributed by atoms with van der Waals surface area (Å²) >= 11 is 1.45. The van der Waals surface area contributed by atoms with Crippen LogP contribution in [0.25, 0.3) is 10.2 Å². The number of morpholine rings is 1. The molecule has 1 saturated heterocycles. The number of fused-ring (bicyclic) bond motifs is 1. The van der Waals surface area contributed by atoms with Crippen LogP contribution in [-0.2, 0) is 19.6 Å². The van der Waals surface area contributed by atoms with E-state index in [1.165, 1.54) is 17.4 Å². The molecule has 148 valence electrons. The number of benzene rings is 1. The summed E-state index contributed by atoms with van der Waals surface area (Å²) < 4.78 is 34.6. The van der Waals surface area contributed by atoms with E-state index in [1.54, 1.807) is 17.0 Å². The first-order valence-electron chi connectivity index (χ1n) is 9.02. The zero-order chi connectivity index (χ0) is 19.6. The average Bonchev–Trinajstić information content (AvgIpc) is 3.00. The van der Waals surface area contributed by atoms with Crippen molar-refractivity contribution >= 4 is 37.5 Å². The number of sulfonamides is 1. The lowest BCUT2D eigenvalue weighted by atomic mass is 10.0. The normalized spacial score (nSPS) is 16.8. The summed E-state index contributed by atoms with van der Waals surface area (Å²) in [5, 5.41) is 0.882. The number of rotatable bonds is 6. The molecule has 3 rings (SSSR count). The van der Waals surface area contributed by atoms with Crippen molar-refractivity contribution < 1.29 is 17.9 Å². The number of thiazole rings is 1. The minimum Gasteiger partial charge on any atom is -0.378 e. The highest BCUT2D eigenvalue weighted by molar-refractivity contribution is 7.89. The quantitative estimate of drug-likeness (QED) is 0.787. The molecule has 1 aliphatic heterocycles. The molecule has 2 aromatic rings. The third kappa shape index (κ3) is 4.84. The molecule has 1 aromatic carbocycles. The SMILES string of the molecule is Cc1nc2ccc(S(=O)(=O)NC(CC(C)C)C(=O)N3CCOCC3)cc2s1. The van der Waals surface area contributed by atoms with E-state index in [0.29, 0.717) is 32.7 Å². The molecule has 7 nitrogen and oxygen atoms in total. The van der Waals surface area contributed by atoms with Crippen LogP contribution in [0.5, 0.6) is 0 Å². The Balaban J connectivity index is 1.84. The predicted molar refractivity (Wildman–Crippen MR) is 105 cm³/mol. The summed E-state index contributed by atoms with van der Waals surface area (Å²) in [6.07, 6.45) is 0.442. The van der Waals surface area contributed by atoms with Gasteiger partial charge in [0.05, 0.1) is 33.3 Å². The fourth-order valence-corrected chi connectivity index (χ4v) is 5.29. The minimum absolute atomic E-state index is 0.155. The van der Waals surface area contributed by atoms with Crippen molar-refractivity contribution in [1.82, 2.24) is 14.6 Å². The molecule has 1 amide bonds. The molecule has 27 heavy (non-hydrogen) atoms. The highest BCUT2D eigenvalue weighted by atomic mass is 32.2. The zero-order valence-electron chi connectivity index (χ0n) is 15.8. The third-order valence-corrected chi connectivity index (χ3v) is 6.81. The first-order chi connectivity index (χ1) is 12.8. The molecule has 9 heteroatoms. The Morgan fingerprint density at radius 2 is 2.04 bits per heavy atom. The molecule has 1 aromatic heterocycles. The third-order valence-electron chi connectivity index (χ3n) is 4.40. The summed E-state index contributed by atoms with van der Waals surface area (Å²) in [5.74, 6) is -0.0143. The maximum atomic E-state index is 12.9. The van der Waals surface area contributed by atoms with Crippen LogP contribution in [0.15, 0.2) is 23.1 Å². The number of ether oxygens (including phenoxy) is 1. The van der Waals surface area contributed by atoms with Gasteiger partial charge in [-0.25, -0.2) is 13.4 Å². The van der Waals surface area contributed by atoms with Gasteiger partial charge in [0.1, 0.15) is 6.04 Å². The van der Waals surface area contributed by atoms with Gasteiger partial charge in [-0.05, 0) is 37.5 Å². The van der Waals surface area contributed by atoms with Crippen molar-refractivity contribution in [2.24, 2.45) is 5.92 Å². The molecule has 1 aliphatic rings. The van der Waals surface area contributed by atoms with E-state index in [9.17, 15) is 13.2 Å². The van der Waals surface area contributed by atoms with Crippen LogP contribution in [0.2, 0.25) is 0 Å². The van der Waals surface area contributed by atoms with Crippen LogP contribution in [0.4, 0.5) is 0 Å². The lowest BCUT2D eigenvalue weighted by Gasteiger charge is -2.31. The summed E-state index contributed by atoms with van der Waals surface area (Å²) in [6, 6.07) is 4.07. The molecule has 0 saturated carbocycles. The number of carbonyl (C=O) groups is 1. The molecule has 0 aliphatic carbocycles. The van der Waals surface area contributed by atoms with Crippen molar-refractivity contribution in [2.45, 2.75) is 38.1 Å². The van der Waals surface area contributed by atoms with Crippen LogP contribution in [-0.4, -0.2) is 56.6 Å². The van der Waals surface area contributed by atoms with Gasteiger partial charge in [-0.3, -0.25) is 4.79 Å². The van der Waals surface area contributed by atoms with E-state index in [4.69, 9.17) is 4.74 Å². The molecular weight excluding hydrogens is 386 g/mol. The standard InChI is InChI=1S/C18H25N3O4S2/c1-12(2)10-16(18(22)21-6-8-25-9-7-21)20-27(23,24)14-4-5-15-17(11-14)26-13(3)19-15/h4-5,11-12,16,20H,6-10H2,1-3H3. The number of hydrogen-bond donors (Lipinski definition) is 1. The van der Waals surface area contributed by atoms with Gasteiger partial charge in [0.2, 0.25) is 15.9 Å². The second kappa shape index (κ2) is 8.22. The predicted octanol–water partition coefficient (Wildman–Crippen LogP) is 2.16. The van der Waals surface area contributed by atoms with Gasteiger partial charge in [0.25, 0.3) is 0 Å². The fourth-order valence-electron chi connectivity index (χ4n) is 3.12. The van der Waals surface area contributed by atoms with E-state index in [1.807, 2.05) is 20.8 Å². The van der Waals surface area contributed by atoms with Crippen LogP contribution in [0, 0.1) is 12.8 Å². The first kappa shape index (κ1) is 20.2. The van der Waals surface area contributed by atoms with Crippen molar-refractivity contribution in [2.75, 3.05) is 26.3 Å². The van der Waals surface area contributed by atoms with Crippen molar-refractivity contribution in [3.63, 3.8) is 0 Å². The number of nitrogens with zero attached hydrogens (tertiary/aromatic N) is 2. The van der Waals surface area contributed by atoms with Gasteiger partial charge in [0.15, 0.2) is 0 Å². The molecule has 1 fully saturated rings. The van der Waals surface area contributed by atoms with E-state index < -0.39 is 16.1 Å².